The van der Waals surface area contributed by atoms with Crippen LogP contribution in [0.15, 0.2) is 24.3 Å². The van der Waals surface area contributed by atoms with E-state index in [1.807, 2.05) is 37.3 Å². The molecule has 0 saturated carbocycles. The van der Waals surface area contributed by atoms with Gasteiger partial charge >= 0.3 is 0 Å². The first-order valence-electron chi connectivity index (χ1n) is 5.91. The predicted molar refractivity (Wildman–Crippen MR) is 79.9 cm³/mol. The molecule has 1 heterocycles. The minimum atomic E-state index is -0.0779. The molecule has 0 amide bonds. The summed E-state index contributed by atoms with van der Waals surface area (Å²) in [6.07, 6.45) is 0. The SMILES string of the molecule is Cc1ccc(-n2c(N)c(C#N)c(C#N)c(C#N)c2=S)cc1. The summed E-state index contributed by atoms with van der Waals surface area (Å²) >= 11 is 5.25. The number of aromatic nitrogens is 1. The van der Waals surface area contributed by atoms with Gasteiger partial charge in [-0.15, -0.1) is 0 Å². The van der Waals surface area contributed by atoms with Gasteiger partial charge in [0.2, 0.25) is 0 Å². The maximum Gasteiger partial charge on any atom is 0.131 e. The summed E-state index contributed by atoms with van der Waals surface area (Å²) in [7, 11) is 0. The third-order valence-electron chi connectivity index (χ3n) is 3.04. The van der Waals surface area contributed by atoms with Gasteiger partial charge in [-0.1, -0.05) is 29.9 Å². The molecular weight excluding hydrogens is 282 g/mol. The number of benzene rings is 1. The van der Waals surface area contributed by atoms with Crippen molar-refractivity contribution < 1.29 is 0 Å². The second kappa shape index (κ2) is 5.46. The summed E-state index contributed by atoms with van der Waals surface area (Å²) < 4.78 is 1.56. The highest BCUT2D eigenvalue weighted by atomic mass is 32.1. The molecule has 6 heteroatoms. The number of rotatable bonds is 1. The molecule has 0 bridgehead atoms. The fourth-order valence-electron chi connectivity index (χ4n) is 1.97. The van der Waals surface area contributed by atoms with Crippen molar-refractivity contribution in [3.8, 4) is 23.9 Å². The molecule has 2 rings (SSSR count). The average molecular weight is 291 g/mol. The molecule has 0 fully saturated rings. The fraction of sp³-hybridized carbons (Fsp3) is 0.0667. The molecule has 0 unspecified atom stereocenters. The van der Waals surface area contributed by atoms with Crippen molar-refractivity contribution in [3.05, 3.63) is 51.2 Å². The van der Waals surface area contributed by atoms with Gasteiger partial charge < -0.3 is 5.73 Å². The molecule has 1 aromatic heterocycles. The summed E-state index contributed by atoms with van der Waals surface area (Å²) in [5, 5.41) is 27.6. The molecule has 0 aliphatic carbocycles. The van der Waals surface area contributed by atoms with Crippen LogP contribution in [0, 0.1) is 45.6 Å². The Labute approximate surface area is 126 Å². The van der Waals surface area contributed by atoms with E-state index in [2.05, 4.69) is 0 Å². The molecule has 0 spiro atoms. The van der Waals surface area contributed by atoms with Crippen LogP contribution in [-0.4, -0.2) is 4.57 Å². The van der Waals surface area contributed by atoms with Crippen molar-refractivity contribution in [2.45, 2.75) is 6.92 Å². The van der Waals surface area contributed by atoms with Gasteiger partial charge in [0, 0.05) is 5.69 Å². The molecule has 5 nitrogen and oxygen atoms in total. The quantitative estimate of drug-likeness (QED) is 0.814. The Morgan fingerprint density at radius 2 is 1.48 bits per heavy atom. The highest BCUT2D eigenvalue weighted by Gasteiger charge is 2.19. The summed E-state index contributed by atoms with van der Waals surface area (Å²) in [4.78, 5) is 0. The van der Waals surface area contributed by atoms with Crippen molar-refractivity contribution >= 4 is 18.0 Å². The number of aryl methyl sites for hydroxylation is 1. The smallest absolute Gasteiger partial charge is 0.131 e. The maximum atomic E-state index is 9.23. The van der Waals surface area contributed by atoms with Gasteiger partial charge in [0.15, 0.2) is 0 Å². The standard InChI is InChI=1S/C15H9N5S/c1-9-2-4-10(5-3-9)20-14(19)12(7-17)11(6-16)13(8-18)15(20)21/h2-5H,19H2,1H3. The number of anilines is 1. The van der Waals surface area contributed by atoms with Gasteiger partial charge in [0.1, 0.15) is 39.8 Å². The Morgan fingerprint density at radius 3 is 1.95 bits per heavy atom. The lowest BCUT2D eigenvalue weighted by Gasteiger charge is -2.14. The minimum Gasteiger partial charge on any atom is -0.384 e. The van der Waals surface area contributed by atoms with E-state index >= 15 is 0 Å². The molecule has 0 saturated heterocycles. The average Bonchev–Trinajstić information content (AvgIpc) is 2.48. The molecular formula is C15H9N5S. The third kappa shape index (κ3) is 2.23. The summed E-state index contributed by atoms with van der Waals surface area (Å²) in [5.41, 5.74) is 7.54. The second-order valence-corrected chi connectivity index (χ2v) is 4.71. The fourth-order valence-corrected chi connectivity index (χ4v) is 2.32. The first kappa shape index (κ1) is 14.3. The lowest BCUT2D eigenvalue weighted by Crippen LogP contribution is -2.11. The second-order valence-electron chi connectivity index (χ2n) is 4.32. The van der Waals surface area contributed by atoms with Crippen molar-refractivity contribution in [3.63, 3.8) is 0 Å². The minimum absolute atomic E-state index is 0.0150. The van der Waals surface area contributed by atoms with Crippen LogP contribution in [0.25, 0.3) is 5.69 Å². The number of nitrogens with two attached hydrogens (primary N) is 1. The largest absolute Gasteiger partial charge is 0.384 e. The van der Waals surface area contributed by atoms with Gasteiger partial charge in [-0.3, -0.25) is 4.57 Å². The van der Waals surface area contributed by atoms with E-state index in [-0.39, 0.29) is 27.1 Å². The third-order valence-corrected chi connectivity index (χ3v) is 3.43. The Morgan fingerprint density at radius 1 is 0.952 bits per heavy atom. The predicted octanol–water partition coefficient (Wildman–Crippen LogP) is 2.71. The van der Waals surface area contributed by atoms with Crippen LogP contribution < -0.4 is 5.73 Å². The summed E-state index contributed by atoms with van der Waals surface area (Å²) in [6, 6.07) is 12.9. The van der Waals surface area contributed by atoms with Gasteiger partial charge in [0.25, 0.3) is 0 Å². The first-order valence-corrected chi connectivity index (χ1v) is 6.31. The van der Waals surface area contributed by atoms with E-state index < -0.39 is 0 Å². The van der Waals surface area contributed by atoms with Crippen LogP contribution in [-0.2, 0) is 0 Å². The monoisotopic (exact) mass is 291 g/mol. The molecule has 100 valence electrons. The van der Waals surface area contributed by atoms with E-state index in [1.165, 1.54) is 4.57 Å². The zero-order chi connectivity index (χ0) is 15.6. The van der Waals surface area contributed by atoms with Crippen LogP contribution in [0.3, 0.4) is 0 Å². The molecule has 2 aromatic rings. The normalized spacial score (nSPS) is 9.43. The van der Waals surface area contributed by atoms with Crippen LogP contribution in [0.1, 0.15) is 22.3 Å². The van der Waals surface area contributed by atoms with E-state index in [4.69, 9.17) is 23.2 Å². The van der Waals surface area contributed by atoms with Gasteiger partial charge in [0.05, 0.1) is 5.56 Å². The van der Waals surface area contributed by atoms with E-state index in [0.717, 1.165) is 5.56 Å². The Kier molecular flexibility index (Phi) is 3.71. The molecule has 0 aliphatic heterocycles. The van der Waals surface area contributed by atoms with Gasteiger partial charge in [-0.2, -0.15) is 15.8 Å². The van der Waals surface area contributed by atoms with Crippen molar-refractivity contribution in [2.75, 3.05) is 5.73 Å². The zero-order valence-corrected chi connectivity index (χ0v) is 11.9. The van der Waals surface area contributed by atoms with E-state index in [0.29, 0.717) is 5.69 Å². The van der Waals surface area contributed by atoms with Gasteiger partial charge in [-0.25, -0.2) is 0 Å². The number of pyridine rings is 1. The molecule has 0 radical (unpaired) electrons. The van der Waals surface area contributed by atoms with Crippen molar-refractivity contribution in [1.29, 1.82) is 15.8 Å². The van der Waals surface area contributed by atoms with E-state index in [9.17, 15) is 10.5 Å². The highest BCUT2D eigenvalue weighted by molar-refractivity contribution is 7.71. The number of nitrogen functional groups attached to an aromatic ring is 1. The Hall–Kier alpha value is -3.14. The number of hydrogen-bond acceptors (Lipinski definition) is 5. The van der Waals surface area contributed by atoms with Crippen LogP contribution in [0.2, 0.25) is 0 Å². The maximum absolute atomic E-state index is 9.23. The molecule has 2 N–H and O–H groups in total. The molecule has 1 aromatic carbocycles. The van der Waals surface area contributed by atoms with Crippen LogP contribution in [0.5, 0.6) is 0 Å². The number of hydrogen-bond donors (Lipinski definition) is 1. The molecule has 0 aliphatic rings. The summed E-state index contributed by atoms with van der Waals surface area (Å²) in [6.45, 7) is 1.94. The van der Waals surface area contributed by atoms with Crippen molar-refractivity contribution in [2.24, 2.45) is 0 Å². The van der Waals surface area contributed by atoms with Crippen LogP contribution >= 0.6 is 12.2 Å². The van der Waals surface area contributed by atoms with E-state index in [1.54, 1.807) is 12.1 Å². The molecule has 0 atom stereocenters. The lowest BCUT2D eigenvalue weighted by atomic mass is 10.1. The Balaban J connectivity index is 2.96. The topological polar surface area (TPSA) is 102 Å². The zero-order valence-electron chi connectivity index (χ0n) is 11.1. The number of nitriles is 3. The molecule has 21 heavy (non-hydrogen) atoms. The number of nitrogens with zero attached hydrogens (tertiary/aromatic N) is 4. The lowest BCUT2D eigenvalue weighted by molar-refractivity contribution is 1.02. The van der Waals surface area contributed by atoms with Crippen molar-refractivity contribution in [1.82, 2.24) is 4.57 Å². The first-order chi connectivity index (χ1) is 10.0. The van der Waals surface area contributed by atoms with Crippen LogP contribution in [0.4, 0.5) is 5.82 Å². The Bertz CT molecular complexity index is 902. The summed E-state index contributed by atoms with van der Waals surface area (Å²) in [5.74, 6) is 0.0573. The van der Waals surface area contributed by atoms with Gasteiger partial charge in [-0.05, 0) is 19.1 Å². The highest BCUT2D eigenvalue weighted by Crippen LogP contribution is 2.25.